The quantitative estimate of drug-likeness (QED) is 0.684. The van der Waals surface area contributed by atoms with E-state index in [2.05, 4.69) is 26.2 Å². The van der Waals surface area contributed by atoms with Gasteiger partial charge in [-0.3, -0.25) is 10.1 Å². The summed E-state index contributed by atoms with van der Waals surface area (Å²) in [6.45, 7) is 1.93. The molecule has 2 aromatic rings. The molecule has 1 atom stereocenters. The van der Waals surface area contributed by atoms with Crippen LogP contribution in [0.3, 0.4) is 0 Å². The zero-order valence-corrected chi connectivity index (χ0v) is 11.8. The van der Waals surface area contributed by atoms with Gasteiger partial charge in [-0.25, -0.2) is 4.98 Å². The Balaban J connectivity index is 2.26. The molecule has 6 heteroatoms. The van der Waals surface area contributed by atoms with Crippen LogP contribution in [0.25, 0.3) is 0 Å². The van der Waals surface area contributed by atoms with E-state index in [9.17, 15) is 10.1 Å². The number of aromatic nitrogens is 1. The number of hydrogen-bond acceptors (Lipinski definition) is 4. The maximum atomic E-state index is 11.0. The summed E-state index contributed by atoms with van der Waals surface area (Å²) in [5.74, 6) is 0.268. The minimum atomic E-state index is -0.447. The number of benzene rings is 1. The van der Waals surface area contributed by atoms with E-state index in [1.54, 1.807) is 0 Å². The Morgan fingerprint density at radius 2 is 2.05 bits per heavy atom. The van der Waals surface area contributed by atoms with Gasteiger partial charge in [0.2, 0.25) is 5.82 Å². The fourth-order valence-corrected chi connectivity index (χ4v) is 2.03. The highest BCUT2D eigenvalue weighted by Gasteiger charge is 2.17. The minimum Gasteiger partial charge on any atom is -0.358 e. The number of anilines is 1. The van der Waals surface area contributed by atoms with E-state index in [0.717, 1.165) is 5.56 Å². The standard InChI is InChI=1S/C13H12BrN3O2/c1-9(10-5-3-2-4-6-10)16-13-12(17(18)19)7-11(14)8-15-13/h2-9H,1H3,(H,15,16). The summed E-state index contributed by atoms with van der Waals surface area (Å²) in [6, 6.07) is 11.1. The van der Waals surface area contributed by atoms with Gasteiger partial charge in [0.15, 0.2) is 0 Å². The van der Waals surface area contributed by atoms with E-state index in [0.29, 0.717) is 4.47 Å². The molecule has 1 aromatic heterocycles. The molecule has 19 heavy (non-hydrogen) atoms. The summed E-state index contributed by atoms with van der Waals surface area (Å²) in [5, 5.41) is 14.1. The van der Waals surface area contributed by atoms with E-state index >= 15 is 0 Å². The molecule has 0 aliphatic heterocycles. The van der Waals surface area contributed by atoms with E-state index in [1.165, 1.54) is 12.3 Å². The van der Waals surface area contributed by atoms with Crippen LogP contribution in [0.5, 0.6) is 0 Å². The fraction of sp³-hybridized carbons (Fsp3) is 0.154. The van der Waals surface area contributed by atoms with E-state index in [1.807, 2.05) is 37.3 Å². The Labute approximate surface area is 119 Å². The van der Waals surface area contributed by atoms with Gasteiger partial charge in [-0.2, -0.15) is 0 Å². The van der Waals surface area contributed by atoms with Gasteiger partial charge in [-0.05, 0) is 28.4 Å². The monoisotopic (exact) mass is 321 g/mol. The van der Waals surface area contributed by atoms with Gasteiger partial charge in [-0.1, -0.05) is 30.3 Å². The highest BCUT2D eigenvalue weighted by atomic mass is 79.9. The number of nitrogens with zero attached hydrogens (tertiary/aromatic N) is 2. The summed E-state index contributed by atoms with van der Waals surface area (Å²) in [4.78, 5) is 14.6. The third-order valence-electron chi connectivity index (χ3n) is 2.68. The molecule has 5 nitrogen and oxygen atoms in total. The van der Waals surface area contributed by atoms with Gasteiger partial charge in [0, 0.05) is 16.7 Å². The van der Waals surface area contributed by atoms with E-state index < -0.39 is 4.92 Å². The number of nitro groups is 1. The van der Waals surface area contributed by atoms with Crippen molar-refractivity contribution in [2.75, 3.05) is 5.32 Å². The van der Waals surface area contributed by atoms with Gasteiger partial charge in [-0.15, -0.1) is 0 Å². The maximum Gasteiger partial charge on any atom is 0.312 e. The second-order valence-electron chi connectivity index (χ2n) is 4.06. The lowest BCUT2D eigenvalue weighted by Crippen LogP contribution is -2.09. The average Bonchev–Trinajstić information content (AvgIpc) is 2.41. The number of rotatable bonds is 4. The fourth-order valence-electron chi connectivity index (χ4n) is 1.71. The van der Waals surface area contributed by atoms with Crippen LogP contribution >= 0.6 is 15.9 Å². The summed E-state index contributed by atoms with van der Waals surface area (Å²) in [6.07, 6.45) is 1.53. The van der Waals surface area contributed by atoms with Crippen molar-refractivity contribution in [1.29, 1.82) is 0 Å². The third-order valence-corrected chi connectivity index (χ3v) is 3.12. The molecule has 0 bridgehead atoms. The Kier molecular flexibility index (Phi) is 4.11. The lowest BCUT2D eigenvalue weighted by Gasteiger charge is -2.14. The molecule has 0 spiro atoms. The SMILES string of the molecule is CC(Nc1ncc(Br)cc1[N+](=O)[O-])c1ccccc1. The van der Waals surface area contributed by atoms with Crippen LogP contribution in [-0.4, -0.2) is 9.91 Å². The van der Waals surface area contributed by atoms with Crippen LogP contribution < -0.4 is 5.32 Å². The van der Waals surface area contributed by atoms with Crippen LogP contribution in [0.1, 0.15) is 18.5 Å². The first-order valence-corrected chi connectivity index (χ1v) is 6.48. The van der Waals surface area contributed by atoms with Gasteiger partial charge in [0.25, 0.3) is 0 Å². The molecule has 0 saturated carbocycles. The number of pyridine rings is 1. The van der Waals surface area contributed by atoms with Crippen molar-refractivity contribution in [3.05, 3.63) is 62.7 Å². The minimum absolute atomic E-state index is 0.0443. The van der Waals surface area contributed by atoms with Crippen molar-refractivity contribution in [3.63, 3.8) is 0 Å². The first-order chi connectivity index (χ1) is 9.08. The van der Waals surface area contributed by atoms with Crippen molar-refractivity contribution in [3.8, 4) is 0 Å². The Morgan fingerprint density at radius 3 is 2.68 bits per heavy atom. The molecule has 0 aliphatic carbocycles. The van der Waals surface area contributed by atoms with Gasteiger partial charge < -0.3 is 5.32 Å². The van der Waals surface area contributed by atoms with Crippen LogP contribution in [0.4, 0.5) is 11.5 Å². The van der Waals surface area contributed by atoms with E-state index in [4.69, 9.17) is 0 Å². The Morgan fingerprint density at radius 1 is 1.37 bits per heavy atom. The van der Waals surface area contributed by atoms with Crippen molar-refractivity contribution in [1.82, 2.24) is 4.98 Å². The molecule has 98 valence electrons. The lowest BCUT2D eigenvalue weighted by atomic mass is 10.1. The van der Waals surface area contributed by atoms with Crippen LogP contribution in [0, 0.1) is 10.1 Å². The number of hydrogen-bond donors (Lipinski definition) is 1. The van der Waals surface area contributed by atoms with Crippen molar-refractivity contribution in [2.24, 2.45) is 0 Å². The molecule has 1 unspecified atom stereocenters. The van der Waals surface area contributed by atoms with Crippen LogP contribution in [0.15, 0.2) is 47.1 Å². The Bertz CT molecular complexity index is 590. The highest BCUT2D eigenvalue weighted by Crippen LogP contribution is 2.28. The summed E-state index contributed by atoms with van der Waals surface area (Å²) in [5.41, 5.74) is 0.999. The topological polar surface area (TPSA) is 68.1 Å². The predicted octanol–water partition coefficient (Wildman–Crippen LogP) is 3.93. The molecular formula is C13H12BrN3O2. The molecule has 0 amide bonds. The second kappa shape index (κ2) is 5.79. The molecule has 0 fully saturated rings. The smallest absolute Gasteiger partial charge is 0.312 e. The molecule has 0 aliphatic rings. The summed E-state index contributed by atoms with van der Waals surface area (Å²) in [7, 11) is 0. The first-order valence-electron chi connectivity index (χ1n) is 5.69. The largest absolute Gasteiger partial charge is 0.358 e. The molecule has 1 N–H and O–H groups in total. The average molecular weight is 322 g/mol. The first kappa shape index (κ1) is 13.5. The second-order valence-corrected chi connectivity index (χ2v) is 4.97. The molecule has 2 rings (SSSR count). The van der Waals surface area contributed by atoms with Crippen LogP contribution in [-0.2, 0) is 0 Å². The normalized spacial score (nSPS) is 11.9. The highest BCUT2D eigenvalue weighted by molar-refractivity contribution is 9.10. The van der Waals surface area contributed by atoms with Crippen molar-refractivity contribution < 1.29 is 4.92 Å². The van der Waals surface area contributed by atoms with Gasteiger partial charge >= 0.3 is 5.69 Å². The van der Waals surface area contributed by atoms with Gasteiger partial charge in [0.05, 0.1) is 11.0 Å². The Hall–Kier alpha value is -1.95. The molecular weight excluding hydrogens is 310 g/mol. The molecule has 0 radical (unpaired) electrons. The summed E-state index contributed by atoms with van der Waals surface area (Å²) < 4.78 is 0.581. The van der Waals surface area contributed by atoms with Crippen molar-refractivity contribution >= 4 is 27.4 Å². The molecule has 1 heterocycles. The zero-order chi connectivity index (χ0) is 13.8. The van der Waals surface area contributed by atoms with E-state index in [-0.39, 0.29) is 17.5 Å². The lowest BCUT2D eigenvalue weighted by molar-refractivity contribution is -0.384. The van der Waals surface area contributed by atoms with Crippen molar-refractivity contribution in [2.45, 2.75) is 13.0 Å². The number of nitrogens with one attached hydrogen (secondary N) is 1. The maximum absolute atomic E-state index is 11.0. The third kappa shape index (κ3) is 3.29. The predicted molar refractivity (Wildman–Crippen MR) is 77.1 cm³/mol. The summed E-state index contributed by atoms with van der Waals surface area (Å²) >= 11 is 3.18. The number of halogens is 1. The zero-order valence-electron chi connectivity index (χ0n) is 10.2. The molecule has 1 aromatic carbocycles. The van der Waals surface area contributed by atoms with Gasteiger partial charge in [0.1, 0.15) is 0 Å². The molecule has 0 saturated heterocycles. The van der Waals surface area contributed by atoms with Crippen LogP contribution in [0.2, 0.25) is 0 Å².